The van der Waals surface area contributed by atoms with Crippen LogP contribution < -0.4 is 11.1 Å². The SMILES string of the molecule is CC(C)C(N)CNCC1(C)CCCCC1. The zero-order chi connectivity index (χ0) is 11.3. The molecule has 1 saturated carbocycles. The first kappa shape index (κ1) is 13.0. The van der Waals surface area contributed by atoms with Crippen LogP contribution in [0.3, 0.4) is 0 Å². The van der Waals surface area contributed by atoms with Crippen LogP contribution in [0.4, 0.5) is 0 Å². The van der Waals surface area contributed by atoms with Gasteiger partial charge >= 0.3 is 0 Å². The summed E-state index contributed by atoms with van der Waals surface area (Å²) in [5.41, 5.74) is 6.55. The molecule has 2 heteroatoms. The lowest BCUT2D eigenvalue weighted by molar-refractivity contribution is 0.205. The number of rotatable bonds is 5. The summed E-state index contributed by atoms with van der Waals surface area (Å²) in [7, 11) is 0. The van der Waals surface area contributed by atoms with Crippen molar-refractivity contribution >= 4 is 0 Å². The number of hydrogen-bond donors (Lipinski definition) is 2. The maximum absolute atomic E-state index is 6.01. The summed E-state index contributed by atoms with van der Waals surface area (Å²) in [6.45, 7) is 8.91. The molecule has 1 fully saturated rings. The fraction of sp³-hybridized carbons (Fsp3) is 1.00. The second kappa shape index (κ2) is 5.86. The molecule has 0 amide bonds. The van der Waals surface area contributed by atoms with Crippen molar-refractivity contribution in [3.63, 3.8) is 0 Å². The van der Waals surface area contributed by atoms with Crippen molar-refractivity contribution in [1.82, 2.24) is 5.32 Å². The van der Waals surface area contributed by atoms with E-state index in [9.17, 15) is 0 Å². The van der Waals surface area contributed by atoms with Crippen molar-refractivity contribution in [3.8, 4) is 0 Å². The van der Waals surface area contributed by atoms with Gasteiger partial charge in [0.05, 0.1) is 0 Å². The summed E-state index contributed by atoms with van der Waals surface area (Å²) in [5.74, 6) is 0.580. The van der Waals surface area contributed by atoms with Crippen molar-refractivity contribution in [2.45, 2.75) is 58.9 Å². The third-order valence-corrected chi connectivity index (χ3v) is 3.85. The van der Waals surface area contributed by atoms with Crippen molar-refractivity contribution in [2.24, 2.45) is 17.1 Å². The minimum absolute atomic E-state index is 0.303. The second-order valence-electron chi connectivity index (χ2n) is 5.91. The van der Waals surface area contributed by atoms with E-state index in [4.69, 9.17) is 5.73 Å². The molecule has 1 aliphatic rings. The van der Waals surface area contributed by atoms with Crippen LogP contribution in [0.1, 0.15) is 52.9 Å². The highest BCUT2D eigenvalue weighted by Gasteiger charge is 2.26. The molecular formula is C13H28N2. The zero-order valence-corrected chi connectivity index (χ0v) is 10.7. The van der Waals surface area contributed by atoms with E-state index in [0.717, 1.165) is 13.1 Å². The molecule has 0 saturated heterocycles. The minimum atomic E-state index is 0.303. The molecule has 2 nitrogen and oxygen atoms in total. The molecule has 0 spiro atoms. The van der Waals surface area contributed by atoms with Gasteiger partial charge in [-0.15, -0.1) is 0 Å². The number of hydrogen-bond acceptors (Lipinski definition) is 2. The van der Waals surface area contributed by atoms with Crippen LogP contribution in [0, 0.1) is 11.3 Å². The summed E-state index contributed by atoms with van der Waals surface area (Å²) in [4.78, 5) is 0. The lowest BCUT2D eigenvalue weighted by Gasteiger charge is -2.34. The maximum atomic E-state index is 6.01. The molecule has 0 aromatic heterocycles. The van der Waals surface area contributed by atoms with Gasteiger partial charge in [0.15, 0.2) is 0 Å². The highest BCUT2D eigenvalue weighted by Crippen LogP contribution is 2.34. The second-order valence-corrected chi connectivity index (χ2v) is 5.91. The van der Waals surface area contributed by atoms with E-state index in [1.165, 1.54) is 32.1 Å². The topological polar surface area (TPSA) is 38.0 Å². The smallest absolute Gasteiger partial charge is 0.0188 e. The first-order chi connectivity index (χ1) is 7.03. The summed E-state index contributed by atoms with van der Waals surface area (Å²) in [5, 5.41) is 3.55. The first-order valence-electron chi connectivity index (χ1n) is 6.50. The van der Waals surface area contributed by atoms with Crippen molar-refractivity contribution in [3.05, 3.63) is 0 Å². The standard InChI is InChI=1S/C13H28N2/c1-11(2)12(14)9-15-10-13(3)7-5-4-6-8-13/h11-12,15H,4-10,14H2,1-3H3. The molecular weight excluding hydrogens is 184 g/mol. The van der Waals surface area contributed by atoms with Crippen LogP contribution in [-0.2, 0) is 0 Å². The van der Waals surface area contributed by atoms with Crippen LogP contribution in [0.25, 0.3) is 0 Å². The van der Waals surface area contributed by atoms with Crippen LogP contribution in [0.5, 0.6) is 0 Å². The first-order valence-corrected chi connectivity index (χ1v) is 6.50. The molecule has 3 N–H and O–H groups in total. The molecule has 1 aliphatic carbocycles. The summed E-state index contributed by atoms with van der Waals surface area (Å²) < 4.78 is 0. The van der Waals surface area contributed by atoms with E-state index in [1.54, 1.807) is 0 Å². The largest absolute Gasteiger partial charge is 0.326 e. The number of nitrogens with one attached hydrogen (secondary N) is 1. The molecule has 0 bridgehead atoms. The minimum Gasteiger partial charge on any atom is -0.326 e. The quantitative estimate of drug-likeness (QED) is 0.735. The average Bonchev–Trinajstić information content (AvgIpc) is 2.18. The van der Waals surface area contributed by atoms with Crippen LogP contribution in [-0.4, -0.2) is 19.1 Å². The van der Waals surface area contributed by atoms with Gasteiger partial charge in [0.2, 0.25) is 0 Å². The highest BCUT2D eigenvalue weighted by atomic mass is 14.9. The van der Waals surface area contributed by atoms with Gasteiger partial charge in [-0.3, -0.25) is 0 Å². The fourth-order valence-electron chi connectivity index (χ4n) is 2.36. The van der Waals surface area contributed by atoms with E-state index in [-0.39, 0.29) is 0 Å². The lowest BCUT2D eigenvalue weighted by Crippen LogP contribution is -2.42. The Morgan fingerprint density at radius 2 is 1.80 bits per heavy atom. The van der Waals surface area contributed by atoms with E-state index < -0.39 is 0 Å². The average molecular weight is 212 g/mol. The lowest BCUT2D eigenvalue weighted by atomic mass is 9.76. The van der Waals surface area contributed by atoms with Crippen LogP contribution >= 0.6 is 0 Å². The van der Waals surface area contributed by atoms with Gasteiger partial charge < -0.3 is 11.1 Å². The Balaban J connectivity index is 2.18. The summed E-state index contributed by atoms with van der Waals surface area (Å²) in [6, 6.07) is 0.303. The fourth-order valence-corrected chi connectivity index (χ4v) is 2.36. The van der Waals surface area contributed by atoms with Gasteiger partial charge in [0, 0.05) is 19.1 Å². The molecule has 1 atom stereocenters. The van der Waals surface area contributed by atoms with E-state index in [1.807, 2.05) is 0 Å². The van der Waals surface area contributed by atoms with Crippen molar-refractivity contribution in [1.29, 1.82) is 0 Å². The van der Waals surface area contributed by atoms with Crippen molar-refractivity contribution in [2.75, 3.05) is 13.1 Å². The molecule has 0 heterocycles. The molecule has 90 valence electrons. The third kappa shape index (κ3) is 4.52. The van der Waals surface area contributed by atoms with Gasteiger partial charge in [-0.2, -0.15) is 0 Å². The Kier molecular flexibility index (Phi) is 5.07. The van der Waals surface area contributed by atoms with Gasteiger partial charge in [-0.25, -0.2) is 0 Å². The van der Waals surface area contributed by atoms with E-state index in [2.05, 4.69) is 26.1 Å². The maximum Gasteiger partial charge on any atom is 0.0188 e. The van der Waals surface area contributed by atoms with E-state index in [0.29, 0.717) is 17.4 Å². The Morgan fingerprint density at radius 1 is 1.20 bits per heavy atom. The Hall–Kier alpha value is -0.0800. The van der Waals surface area contributed by atoms with E-state index >= 15 is 0 Å². The normalized spacial score (nSPS) is 23.0. The predicted octanol–water partition coefficient (Wildman–Crippen LogP) is 2.53. The Bertz CT molecular complexity index is 171. The third-order valence-electron chi connectivity index (χ3n) is 3.85. The molecule has 0 aliphatic heterocycles. The monoisotopic (exact) mass is 212 g/mol. The molecule has 1 unspecified atom stereocenters. The number of nitrogens with two attached hydrogens (primary N) is 1. The van der Waals surface area contributed by atoms with Crippen molar-refractivity contribution < 1.29 is 0 Å². The summed E-state index contributed by atoms with van der Waals surface area (Å²) >= 11 is 0. The molecule has 0 radical (unpaired) electrons. The summed E-state index contributed by atoms with van der Waals surface area (Å²) in [6.07, 6.45) is 7.03. The predicted molar refractivity (Wildman–Crippen MR) is 66.9 cm³/mol. The molecule has 0 aromatic rings. The van der Waals surface area contributed by atoms with Crippen LogP contribution in [0.15, 0.2) is 0 Å². The van der Waals surface area contributed by atoms with Gasteiger partial charge in [-0.1, -0.05) is 40.0 Å². The zero-order valence-electron chi connectivity index (χ0n) is 10.7. The Morgan fingerprint density at radius 3 is 2.33 bits per heavy atom. The van der Waals surface area contributed by atoms with Gasteiger partial charge in [0.25, 0.3) is 0 Å². The Labute approximate surface area is 95.0 Å². The highest BCUT2D eigenvalue weighted by molar-refractivity contribution is 4.81. The van der Waals surface area contributed by atoms with Gasteiger partial charge in [-0.05, 0) is 24.2 Å². The molecule has 0 aromatic carbocycles. The molecule has 1 rings (SSSR count). The van der Waals surface area contributed by atoms with Gasteiger partial charge in [0.1, 0.15) is 0 Å². The van der Waals surface area contributed by atoms with Crippen LogP contribution in [0.2, 0.25) is 0 Å². The molecule has 15 heavy (non-hydrogen) atoms.